The summed E-state index contributed by atoms with van der Waals surface area (Å²) >= 11 is 6.07. The zero-order valence-corrected chi connectivity index (χ0v) is 11.1. The van der Waals surface area contributed by atoms with E-state index in [0.29, 0.717) is 10.6 Å². The van der Waals surface area contributed by atoms with Gasteiger partial charge in [0, 0.05) is 10.6 Å². The van der Waals surface area contributed by atoms with Crippen LogP contribution in [0.5, 0.6) is 0 Å². The average molecular weight is 278 g/mol. The summed E-state index contributed by atoms with van der Waals surface area (Å²) in [4.78, 5) is 12.0. The molecule has 2 aromatic carbocycles. The lowest BCUT2D eigenvalue weighted by molar-refractivity contribution is 0.0940. The van der Waals surface area contributed by atoms with E-state index >= 15 is 0 Å². The van der Waals surface area contributed by atoms with E-state index in [4.69, 9.17) is 11.6 Å². The van der Waals surface area contributed by atoms with Crippen LogP contribution < -0.4 is 5.32 Å². The van der Waals surface area contributed by atoms with Crippen LogP contribution in [-0.2, 0) is 0 Å². The van der Waals surface area contributed by atoms with E-state index in [1.807, 2.05) is 25.1 Å². The summed E-state index contributed by atoms with van der Waals surface area (Å²) in [7, 11) is 0. The van der Waals surface area contributed by atoms with Gasteiger partial charge in [-0.2, -0.15) is 0 Å². The molecule has 0 aliphatic carbocycles. The molecule has 1 amide bonds. The lowest BCUT2D eigenvalue weighted by Crippen LogP contribution is -2.26. The third-order valence-corrected chi connectivity index (χ3v) is 3.17. The highest BCUT2D eigenvalue weighted by molar-refractivity contribution is 6.31. The Morgan fingerprint density at radius 2 is 1.79 bits per heavy atom. The fourth-order valence-corrected chi connectivity index (χ4v) is 2.08. The van der Waals surface area contributed by atoms with E-state index in [9.17, 15) is 9.18 Å². The molecule has 4 heteroatoms. The molecular formula is C15H13ClFNO. The smallest absolute Gasteiger partial charge is 0.251 e. The molecule has 0 heterocycles. The number of carbonyl (C=O) groups is 1. The van der Waals surface area contributed by atoms with Gasteiger partial charge in [-0.1, -0.05) is 29.8 Å². The van der Waals surface area contributed by atoms with Crippen LogP contribution in [0.25, 0.3) is 0 Å². The molecular weight excluding hydrogens is 265 g/mol. The van der Waals surface area contributed by atoms with Gasteiger partial charge >= 0.3 is 0 Å². The van der Waals surface area contributed by atoms with Gasteiger partial charge in [0.25, 0.3) is 5.91 Å². The molecule has 98 valence electrons. The SMILES string of the molecule is CC(NC(=O)c1ccc(F)cc1)c1ccccc1Cl. The molecule has 2 rings (SSSR count). The first-order valence-electron chi connectivity index (χ1n) is 5.89. The van der Waals surface area contributed by atoms with Gasteiger partial charge in [0.2, 0.25) is 0 Å². The second kappa shape index (κ2) is 5.85. The Hall–Kier alpha value is -1.87. The lowest BCUT2D eigenvalue weighted by Gasteiger charge is -2.15. The molecule has 1 N–H and O–H groups in total. The highest BCUT2D eigenvalue weighted by Gasteiger charge is 2.13. The summed E-state index contributed by atoms with van der Waals surface area (Å²) in [6.07, 6.45) is 0. The van der Waals surface area contributed by atoms with Crippen molar-refractivity contribution in [2.75, 3.05) is 0 Å². The van der Waals surface area contributed by atoms with Crippen molar-refractivity contribution in [2.24, 2.45) is 0 Å². The van der Waals surface area contributed by atoms with Crippen molar-refractivity contribution in [3.05, 3.63) is 70.5 Å². The van der Waals surface area contributed by atoms with E-state index in [-0.39, 0.29) is 17.8 Å². The van der Waals surface area contributed by atoms with Crippen LogP contribution in [0.3, 0.4) is 0 Å². The maximum atomic E-state index is 12.8. The van der Waals surface area contributed by atoms with E-state index < -0.39 is 0 Å². The van der Waals surface area contributed by atoms with Crippen LogP contribution in [0.1, 0.15) is 28.9 Å². The first kappa shape index (κ1) is 13.6. The van der Waals surface area contributed by atoms with Crippen molar-refractivity contribution in [1.29, 1.82) is 0 Å². The molecule has 19 heavy (non-hydrogen) atoms. The van der Waals surface area contributed by atoms with Crippen molar-refractivity contribution >= 4 is 17.5 Å². The Morgan fingerprint density at radius 1 is 1.16 bits per heavy atom. The topological polar surface area (TPSA) is 29.1 Å². The summed E-state index contributed by atoms with van der Waals surface area (Å²) in [6.45, 7) is 1.85. The predicted octanol–water partition coefficient (Wildman–Crippen LogP) is 3.97. The maximum Gasteiger partial charge on any atom is 0.251 e. The number of rotatable bonds is 3. The summed E-state index contributed by atoms with van der Waals surface area (Å²) in [5.74, 6) is -0.622. The Kier molecular flexibility index (Phi) is 4.17. The second-order valence-corrected chi connectivity index (χ2v) is 4.63. The Labute approximate surface area is 116 Å². The molecule has 0 aromatic heterocycles. The summed E-state index contributed by atoms with van der Waals surface area (Å²) in [5.41, 5.74) is 1.26. The minimum absolute atomic E-state index is 0.216. The van der Waals surface area contributed by atoms with E-state index in [2.05, 4.69) is 5.32 Å². The summed E-state index contributed by atoms with van der Waals surface area (Å²) < 4.78 is 12.8. The molecule has 0 aliphatic heterocycles. The summed E-state index contributed by atoms with van der Waals surface area (Å²) in [6, 6.07) is 12.5. The van der Waals surface area contributed by atoms with Crippen LogP contribution in [0.4, 0.5) is 4.39 Å². The standard InChI is InChI=1S/C15H13ClFNO/c1-10(13-4-2-3-5-14(13)16)18-15(19)11-6-8-12(17)9-7-11/h2-10H,1H3,(H,18,19). The molecule has 0 saturated heterocycles. The van der Waals surface area contributed by atoms with Gasteiger partial charge in [0.1, 0.15) is 5.82 Å². The highest BCUT2D eigenvalue weighted by atomic mass is 35.5. The Morgan fingerprint density at radius 3 is 2.42 bits per heavy atom. The average Bonchev–Trinajstić information content (AvgIpc) is 2.39. The number of benzene rings is 2. The minimum Gasteiger partial charge on any atom is -0.345 e. The van der Waals surface area contributed by atoms with Crippen molar-refractivity contribution in [3.8, 4) is 0 Å². The number of hydrogen-bond acceptors (Lipinski definition) is 1. The number of nitrogens with one attached hydrogen (secondary N) is 1. The third kappa shape index (κ3) is 3.32. The van der Waals surface area contributed by atoms with Gasteiger partial charge in [-0.3, -0.25) is 4.79 Å². The van der Waals surface area contributed by atoms with Crippen LogP contribution in [0.2, 0.25) is 5.02 Å². The zero-order valence-electron chi connectivity index (χ0n) is 10.4. The third-order valence-electron chi connectivity index (χ3n) is 2.83. The van der Waals surface area contributed by atoms with Crippen LogP contribution in [0.15, 0.2) is 48.5 Å². The molecule has 0 aliphatic rings. The van der Waals surface area contributed by atoms with Crippen molar-refractivity contribution < 1.29 is 9.18 Å². The molecule has 0 radical (unpaired) electrons. The quantitative estimate of drug-likeness (QED) is 0.904. The molecule has 2 nitrogen and oxygen atoms in total. The first-order chi connectivity index (χ1) is 9.08. The van der Waals surface area contributed by atoms with Gasteiger partial charge in [0.05, 0.1) is 6.04 Å². The largest absolute Gasteiger partial charge is 0.345 e. The predicted molar refractivity (Wildman–Crippen MR) is 73.7 cm³/mol. The molecule has 1 unspecified atom stereocenters. The maximum absolute atomic E-state index is 12.8. The molecule has 0 saturated carbocycles. The Bertz CT molecular complexity index is 583. The van der Waals surface area contributed by atoms with Crippen molar-refractivity contribution in [1.82, 2.24) is 5.32 Å². The molecule has 2 aromatic rings. The second-order valence-electron chi connectivity index (χ2n) is 4.22. The number of halogens is 2. The normalized spacial score (nSPS) is 11.9. The van der Waals surface area contributed by atoms with Crippen LogP contribution in [-0.4, -0.2) is 5.91 Å². The number of carbonyl (C=O) groups excluding carboxylic acids is 1. The van der Waals surface area contributed by atoms with Gasteiger partial charge in [-0.15, -0.1) is 0 Å². The fraction of sp³-hybridized carbons (Fsp3) is 0.133. The lowest BCUT2D eigenvalue weighted by atomic mass is 10.1. The monoisotopic (exact) mass is 277 g/mol. The van der Waals surface area contributed by atoms with E-state index in [1.165, 1.54) is 24.3 Å². The Balaban J connectivity index is 2.11. The van der Waals surface area contributed by atoms with Gasteiger partial charge in [-0.05, 0) is 42.8 Å². The number of amides is 1. The molecule has 1 atom stereocenters. The zero-order chi connectivity index (χ0) is 13.8. The summed E-state index contributed by atoms with van der Waals surface area (Å²) in [5, 5.41) is 3.43. The molecule has 0 bridgehead atoms. The van der Waals surface area contributed by atoms with Crippen LogP contribution >= 0.6 is 11.6 Å². The van der Waals surface area contributed by atoms with Crippen molar-refractivity contribution in [3.63, 3.8) is 0 Å². The van der Waals surface area contributed by atoms with Gasteiger partial charge in [0.15, 0.2) is 0 Å². The van der Waals surface area contributed by atoms with E-state index in [1.54, 1.807) is 6.07 Å². The van der Waals surface area contributed by atoms with E-state index in [0.717, 1.165) is 5.56 Å². The molecule has 0 spiro atoms. The first-order valence-corrected chi connectivity index (χ1v) is 6.26. The van der Waals surface area contributed by atoms with Gasteiger partial charge in [-0.25, -0.2) is 4.39 Å². The minimum atomic E-state index is -0.365. The van der Waals surface area contributed by atoms with Gasteiger partial charge < -0.3 is 5.32 Å². The van der Waals surface area contributed by atoms with Crippen LogP contribution in [0, 0.1) is 5.82 Å². The molecule has 0 fully saturated rings. The fourth-order valence-electron chi connectivity index (χ4n) is 1.79. The van der Waals surface area contributed by atoms with Crippen molar-refractivity contribution in [2.45, 2.75) is 13.0 Å². The number of hydrogen-bond donors (Lipinski definition) is 1. The highest BCUT2D eigenvalue weighted by Crippen LogP contribution is 2.22.